The second-order valence-corrected chi connectivity index (χ2v) is 3.34. The van der Waals surface area contributed by atoms with Crippen molar-refractivity contribution in [1.82, 2.24) is 0 Å². The van der Waals surface area contributed by atoms with E-state index in [-0.39, 0.29) is 0 Å². The van der Waals surface area contributed by atoms with E-state index in [2.05, 4.69) is 13.8 Å². The van der Waals surface area contributed by atoms with Crippen LogP contribution in [0, 0.1) is 0 Å². The largest absolute Gasteiger partial charge is 0.370 e. The van der Waals surface area contributed by atoms with Gasteiger partial charge in [0.1, 0.15) is 0 Å². The van der Waals surface area contributed by atoms with E-state index in [1.54, 1.807) is 0 Å². The molecule has 2 heterocycles. The molecule has 0 aromatic heterocycles. The van der Waals surface area contributed by atoms with Gasteiger partial charge in [-0.25, -0.2) is 0 Å². The Bertz CT molecular complexity index is 119. The Morgan fingerprint density at radius 2 is 1.20 bits per heavy atom. The van der Waals surface area contributed by atoms with Crippen molar-refractivity contribution in [2.45, 2.75) is 51.1 Å². The summed E-state index contributed by atoms with van der Waals surface area (Å²) in [6.45, 7) is 4.25. The first kappa shape index (κ1) is 6.62. The van der Waals surface area contributed by atoms with E-state index in [4.69, 9.17) is 9.47 Å². The Morgan fingerprint density at radius 1 is 0.900 bits per heavy atom. The zero-order valence-corrected chi connectivity index (χ0v) is 6.54. The van der Waals surface area contributed by atoms with E-state index < -0.39 is 0 Å². The summed E-state index contributed by atoms with van der Waals surface area (Å²) >= 11 is 0. The second-order valence-electron chi connectivity index (χ2n) is 3.34. The number of rotatable bonds is 3. The van der Waals surface area contributed by atoms with E-state index >= 15 is 0 Å². The molecular formula is C8H14O2. The first-order chi connectivity index (χ1) is 4.77. The minimum absolute atomic E-state index is 0.522. The summed E-state index contributed by atoms with van der Waals surface area (Å²) in [7, 11) is 0. The molecule has 0 aromatic rings. The van der Waals surface area contributed by atoms with Crippen molar-refractivity contribution in [1.29, 1.82) is 0 Å². The third kappa shape index (κ3) is 1.32. The fraction of sp³-hybridized carbons (Fsp3) is 1.00. The number of hydrogen-bond donors (Lipinski definition) is 0. The summed E-state index contributed by atoms with van der Waals surface area (Å²) in [5.74, 6) is 0. The fourth-order valence-electron chi connectivity index (χ4n) is 1.39. The number of ether oxygens (including phenoxy) is 2. The molecule has 2 aliphatic heterocycles. The average molecular weight is 142 g/mol. The van der Waals surface area contributed by atoms with Crippen LogP contribution in [-0.2, 0) is 9.47 Å². The minimum Gasteiger partial charge on any atom is -0.370 e. The molecule has 2 aliphatic rings. The van der Waals surface area contributed by atoms with Gasteiger partial charge in [-0.1, -0.05) is 0 Å². The van der Waals surface area contributed by atoms with Gasteiger partial charge in [-0.15, -0.1) is 0 Å². The normalized spacial score (nSPS) is 51.0. The Hall–Kier alpha value is -0.0800. The summed E-state index contributed by atoms with van der Waals surface area (Å²) in [5.41, 5.74) is 0. The molecule has 0 amide bonds. The van der Waals surface area contributed by atoms with Gasteiger partial charge in [0.05, 0.1) is 24.4 Å². The van der Waals surface area contributed by atoms with Crippen molar-refractivity contribution in [3.05, 3.63) is 0 Å². The molecule has 0 N–H and O–H groups in total. The lowest BCUT2D eigenvalue weighted by Crippen LogP contribution is -1.95. The quantitative estimate of drug-likeness (QED) is 0.555. The number of epoxide rings is 2. The summed E-state index contributed by atoms with van der Waals surface area (Å²) in [4.78, 5) is 0. The first-order valence-electron chi connectivity index (χ1n) is 4.08. The van der Waals surface area contributed by atoms with E-state index in [0.29, 0.717) is 24.4 Å². The molecule has 0 radical (unpaired) electrons. The van der Waals surface area contributed by atoms with Crippen LogP contribution < -0.4 is 0 Å². The zero-order chi connectivity index (χ0) is 7.14. The molecule has 4 unspecified atom stereocenters. The summed E-state index contributed by atoms with van der Waals surface area (Å²) in [6.07, 6.45) is 4.53. The fourth-order valence-corrected chi connectivity index (χ4v) is 1.39. The molecule has 0 saturated carbocycles. The van der Waals surface area contributed by atoms with E-state index in [1.807, 2.05) is 0 Å². The molecule has 2 rings (SSSR count). The molecule has 2 heteroatoms. The van der Waals surface area contributed by atoms with E-state index in [1.165, 1.54) is 12.8 Å². The van der Waals surface area contributed by atoms with Gasteiger partial charge in [0, 0.05) is 0 Å². The third-order valence-corrected chi connectivity index (χ3v) is 2.41. The van der Waals surface area contributed by atoms with E-state index in [9.17, 15) is 0 Å². The van der Waals surface area contributed by atoms with Crippen molar-refractivity contribution in [2.24, 2.45) is 0 Å². The maximum atomic E-state index is 5.27. The molecule has 10 heavy (non-hydrogen) atoms. The smallest absolute Gasteiger partial charge is 0.0840 e. The minimum atomic E-state index is 0.522. The van der Waals surface area contributed by atoms with Crippen molar-refractivity contribution in [2.75, 3.05) is 0 Å². The standard InChI is InChI=1S/C8H14O2/c1-5-7(9-5)3-4-8-6(2)10-8/h5-8H,3-4H2,1-2H3. The molecule has 4 atom stereocenters. The molecule has 58 valence electrons. The van der Waals surface area contributed by atoms with Gasteiger partial charge in [0.15, 0.2) is 0 Å². The van der Waals surface area contributed by atoms with Crippen molar-refractivity contribution < 1.29 is 9.47 Å². The highest BCUT2D eigenvalue weighted by Gasteiger charge is 2.39. The van der Waals surface area contributed by atoms with Crippen molar-refractivity contribution in [3.63, 3.8) is 0 Å². The van der Waals surface area contributed by atoms with Crippen LogP contribution in [0.5, 0.6) is 0 Å². The molecule has 2 fully saturated rings. The third-order valence-electron chi connectivity index (χ3n) is 2.41. The van der Waals surface area contributed by atoms with Gasteiger partial charge < -0.3 is 9.47 Å². The van der Waals surface area contributed by atoms with E-state index in [0.717, 1.165) is 0 Å². The van der Waals surface area contributed by atoms with Crippen LogP contribution >= 0.6 is 0 Å². The van der Waals surface area contributed by atoms with Gasteiger partial charge >= 0.3 is 0 Å². The Kier molecular flexibility index (Phi) is 1.46. The average Bonchev–Trinajstić information content (AvgIpc) is 2.71. The maximum Gasteiger partial charge on any atom is 0.0840 e. The second kappa shape index (κ2) is 2.21. The lowest BCUT2D eigenvalue weighted by Gasteiger charge is -1.88. The van der Waals surface area contributed by atoms with Crippen LogP contribution in [-0.4, -0.2) is 24.4 Å². The van der Waals surface area contributed by atoms with Crippen LogP contribution in [0.2, 0.25) is 0 Å². The first-order valence-corrected chi connectivity index (χ1v) is 4.08. The van der Waals surface area contributed by atoms with Crippen LogP contribution in [0.4, 0.5) is 0 Å². The summed E-state index contributed by atoms with van der Waals surface area (Å²) in [6, 6.07) is 0. The SMILES string of the molecule is CC1OC1CCC1OC1C. The highest BCUT2D eigenvalue weighted by Crippen LogP contribution is 2.32. The Labute approximate surface area is 61.5 Å². The van der Waals surface area contributed by atoms with Crippen LogP contribution in [0.25, 0.3) is 0 Å². The maximum absolute atomic E-state index is 5.27. The number of hydrogen-bond acceptors (Lipinski definition) is 2. The molecule has 0 aromatic carbocycles. The predicted octanol–water partition coefficient (Wildman–Crippen LogP) is 1.34. The predicted molar refractivity (Wildman–Crippen MR) is 37.9 cm³/mol. The monoisotopic (exact) mass is 142 g/mol. The molecule has 0 aliphatic carbocycles. The summed E-state index contributed by atoms with van der Waals surface area (Å²) < 4.78 is 10.5. The lowest BCUT2D eigenvalue weighted by molar-refractivity contribution is 0.339. The highest BCUT2D eigenvalue weighted by atomic mass is 16.6. The molecule has 0 bridgehead atoms. The Morgan fingerprint density at radius 3 is 1.40 bits per heavy atom. The van der Waals surface area contributed by atoms with Gasteiger partial charge in [-0.3, -0.25) is 0 Å². The molecule has 0 spiro atoms. The summed E-state index contributed by atoms with van der Waals surface area (Å²) in [5, 5.41) is 0. The van der Waals surface area contributed by atoms with Gasteiger partial charge in [0.2, 0.25) is 0 Å². The van der Waals surface area contributed by atoms with Crippen LogP contribution in [0.3, 0.4) is 0 Å². The van der Waals surface area contributed by atoms with Crippen molar-refractivity contribution in [3.8, 4) is 0 Å². The highest BCUT2D eigenvalue weighted by molar-refractivity contribution is 4.86. The topological polar surface area (TPSA) is 25.1 Å². The van der Waals surface area contributed by atoms with Gasteiger partial charge in [-0.05, 0) is 26.7 Å². The lowest BCUT2D eigenvalue weighted by atomic mass is 10.1. The molecular weight excluding hydrogens is 128 g/mol. The van der Waals surface area contributed by atoms with Crippen LogP contribution in [0.1, 0.15) is 26.7 Å². The van der Waals surface area contributed by atoms with Crippen LogP contribution in [0.15, 0.2) is 0 Å². The zero-order valence-electron chi connectivity index (χ0n) is 6.54. The van der Waals surface area contributed by atoms with Gasteiger partial charge in [0.25, 0.3) is 0 Å². The Balaban J connectivity index is 1.57. The van der Waals surface area contributed by atoms with Crippen molar-refractivity contribution >= 4 is 0 Å². The van der Waals surface area contributed by atoms with Gasteiger partial charge in [-0.2, -0.15) is 0 Å². The molecule has 2 saturated heterocycles. The molecule has 2 nitrogen and oxygen atoms in total.